The van der Waals surface area contributed by atoms with E-state index in [1.807, 2.05) is 6.07 Å². The van der Waals surface area contributed by atoms with Gasteiger partial charge in [-0.2, -0.15) is 4.53 Å². The fraction of sp³-hybridized carbons (Fsp3) is 0.0526. The maximum absolute atomic E-state index is 13.8. The zero-order valence-electron chi connectivity index (χ0n) is 13.8. The highest BCUT2D eigenvalue weighted by Gasteiger charge is 2.40. The van der Waals surface area contributed by atoms with Gasteiger partial charge >= 0.3 is 6.30 Å². The molecule has 0 amide bonds. The number of hydrogen-bond donors (Lipinski definition) is 1. The van der Waals surface area contributed by atoms with Crippen molar-refractivity contribution in [2.24, 2.45) is 0 Å². The normalized spacial score (nSPS) is 11.1. The van der Waals surface area contributed by atoms with Crippen molar-refractivity contribution in [3.63, 3.8) is 0 Å². The fourth-order valence-electron chi connectivity index (χ4n) is 2.51. The highest BCUT2D eigenvalue weighted by Crippen LogP contribution is 2.43. The van der Waals surface area contributed by atoms with E-state index in [1.165, 1.54) is 28.8 Å². The van der Waals surface area contributed by atoms with Crippen molar-refractivity contribution < 1.29 is 13.2 Å². The number of rotatable bonds is 5. The quantitative estimate of drug-likeness (QED) is 0.251. The van der Waals surface area contributed by atoms with E-state index < -0.39 is 6.30 Å². The van der Waals surface area contributed by atoms with Crippen molar-refractivity contribution in [1.82, 2.24) is 0 Å². The number of nitrogens with one attached hydrogen (secondary N) is 1. The lowest BCUT2D eigenvalue weighted by molar-refractivity contribution is -0.120. The average molecular weight is 457 g/mol. The second-order valence-corrected chi connectivity index (χ2v) is 6.64. The molecule has 8 heteroatoms. The van der Waals surface area contributed by atoms with E-state index in [2.05, 4.69) is 21.4 Å². The van der Waals surface area contributed by atoms with Crippen LogP contribution in [0.2, 0.25) is 0 Å². The minimum absolute atomic E-state index is 0.00800. The van der Waals surface area contributed by atoms with Crippen LogP contribution in [0.1, 0.15) is 0 Å². The number of benzene rings is 3. The SMILES string of the molecule is FC(F)(F)N(c1ccccc1)c1cccc(NN(Cl)c2ccccc2)c1Br. The zero-order chi connectivity index (χ0) is 19.4. The monoisotopic (exact) mass is 455 g/mol. The first-order chi connectivity index (χ1) is 12.9. The molecule has 0 radical (unpaired) electrons. The molecular weight excluding hydrogens is 443 g/mol. The van der Waals surface area contributed by atoms with Crippen molar-refractivity contribution in [2.75, 3.05) is 14.9 Å². The van der Waals surface area contributed by atoms with E-state index in [0.717, 1.165) is 0 Å². The van der Waals surface area contributed by atoms with Crippen LogP contribution in [0.4, 0.5) is 35.9 Å². The molecule has 0 saturated carbocycles. The highest BCUT2D eigenvalue weighted by atomic mass is 79.9. The third-order valence-corrected chi connectivity index (χ3v) is 4.80. The van der Waals surface area contributed by atoms with E-state index in [4.69, 9.17) is 11.8 Å². The van der Waals surface area contributed by atoms with Gasteiger partial charge in [0, 0.05) is 17.5 Å². The molecule has 3 aromatic carbocycles. The number of halogens is 5. The smallest absolute Gasteiger partial charge is 0.282 e. The summed E-state index contributed by atoms with van der Waals surface area (Å²) < 4.78 is 42.8. The third kappa shape index (κ3) is 4.48. The summed E-state index contributed by atoms with van der Waals surface area (Å²) in [7, 11) is 0. The molecule has 27 heavy (non-hydrogen) atoms. The molecule has 0 bridgehead atoms. The number of anilines is 4. The van der Waals surface area contributed by atoms with Gasteiger partial charge in [-0.15, -0.1) is 13.2 Å². The van der Waals surface area contributed by atoms with E-state index >= 15 is 0 Å². The van der Waals surface area contributed by atoms with E-state index in [-0.39, 0.29) is 15.8 Å². The Morgan fingerprint density at radius 1 is 0.778 bits per heavy atom. The van der Waals surface area contributed by atoms with Crippen molar-refractivity contribution in [1.29, 1.82) is 0 Å². The Kier molecular flexibility index (Phi) is 5.82. The second-order valence-electron chi connectivity index (χ2n) is 5.51. The highest BCUT2D eigenvalue weighted by molar-refractivity contribution is 9.10. The lowest BCUT2D eigenvalue weighted by atomic mass is 10.2. The van der Waals surface area contributed by atoms with Crippen LogP contribution in [0.3, 0.4) is 0 Å². The van der Waals surface area contributed by atoms with Crippen LogP contribution in [0, 0.1) is 0 Å². The molecule has 1 N–H and O–H groups in total. The van der Waals surface area contributed by atoms with Gasteiger partial charge in [-0.25, -0.2) is 0 Å². The number of hydrogen-bond acceptors (Lipinski definition) is 3. The Morgan fingerprint density at radius 2 is 1.33 bits per heavy atom. The number of nitrogens with zero attached hydrogens (tertiary/aromatic N) is 2. The van der Waals surface area contributed by atoms with Crippen LogP contribution in [0.5, 0.6) is 0 Å². The summed E-state index contributed by atoms with van der Waals surface area (Å²) in [6.07, 6.45) is -4.61. The lowest BCUT2D eigenvalue weighted by Gasteiger charge is -2.29. The van der Waals surface area contributed by atoms with Crippen LogP contribution in [0.25, 0.3) is 0 Å². The summed E-state index contributed by atoms with van der Waals surface area (Å²) in [5.74, 6) is 0. The van der Waals surface area contributed by atoms with Gasteiger partial charge in [-0.3, -0.25) is 10.3 Å². The van der Waals surface area contributed by atoms with Gasteiger partial charge in [-0.05, 0) is 52.3 Å². The molecule has 0 fully saturated rings. The molecule has 0 atom stereocenters. The van der Waals surface area contributed by atoms with Gasteiger partial charge in [0.25, 0.3) is 0 Å². The Bertz CT molecular complexity index is 892. The molecular formula is C19H14BrClF3N3. The predicted octanol–water partition coefficient (Wildman–Crippen LogP) is 7.09. The molecule has 3 rings (SSSR count). The van der Waals surface area contributed by atoms with Gasteiger partial charge in [0.05, 0.1) is 21.5 Å². The molecule has 3 nitrogen and oxygen atoms in total. The molecule has 0 heterocycles. The molecule has 0 aliphatic carbocycles. The largest absolute Gasteiger partial charge is 0.489 e. The Labute approximate surface area is 168 Å². The molecule has 0 aliphatic heterocycles. The van der Waals surface area contributed by atoms with Gasteiger partial charge < -0.3 is 0 Å². The van der Waals surface area contributed by atoms with Crippen molar-refractivity contribution in [3.05, 3.63) is 83.3 Å². The van der Waals surface area contributed by atoms with Gasteiger partial charge in [0.2, 0.25) is 0 Å². The third-order valence-electron chi connectivity index (χ3n) is 3.69. The molecule has 3 aromatic rings. The zero-order valence-corrected chi connectivity index (χ0v) is 16.1. The fourth-order valence-corrected chi connectivity index (χ4v) is 3.24. The average Bonchev–Trinajstić information content (AvgIpc) is 2.65. The number of alkyl halides is 3. The number of para-hydroxylation sites is 2. The number of hydrazine groups is 1. The second kappa shape index (κ2) is 8.10. The minimum atomic E-state index is -4.61. The Hall–Kier alpha value is -2.38. The predicted molar refractivity (Wildman–Crippen MR) is 107 cm³/mol. The van der Waals surface area contributed by atoms with Crippen molar-refractivity contribution in [3.8, 4) is 0 Å². The standard InChI is InChI=1S/C19H14BrClF3N3/c20-18-16(25-27(21)15-10-5-2-6-11-15)12-7-13-17(18)26(19(22,23)24)14-8-3-1-4-9-14/h1-13,25H. The van der Waals surface area contributed by atoms with Gasteiger partial charge in [-0.1, -0.05) is 42.5 Å². The molecule has 0 aromatic heterocycles. The first-order valence-corrected chi connectivity index (χ1v) is 8.99. The lowest BCUT2D eigenvalue weighted by Crippen LogP contribution is -2.34. The topological polar surface area (TPSA) is 18.5 Å². The summed E-state index contributed by atoms with van der Waals surface area (Å²) in [5, 5.41) is 0. The first kappa shape index (κ1) is 19.4. The van der Waals surface area contributed by atoms with Crippen molar-refractivity contribution >= 4 is 50.5 Å². The molecule has 0 aliphatic rings. The molecule has 0 unspecified atom stereocenters. The van der Waals surface area contributed by atoms with Gasteiger partial charge in [0.1, 0.15) is 0 Å². The van der Waals surface area contributed by atoms with E-state index in [9.17, 15) is 13.2 Å². The minimum Gasteiger partial charge on any atom is -0.282 e. The van der Waals surface area contributed by atoms with Crippen LogP contribution < -0.4 is 14.9 Å². The summed E-state index contributed by atoms with van der Waals surface area (Å²) >= 11 is 9.50. The van der Waals surface area contributed by atoms with Crippen LogP contribution >= 0.6 is 27.7 Å². The van der Waals surface area contributed by atoms with Crippen LogP contribution in [-0.4, -0.2) is 6.30 Å². The van der Waals surface area contributed by atoms with E-state index in [1.54, 1.807) is 48.5 Å². The summed E-state index contributed by atoms with van der Waals surface area (Å²) in [6, 6.07) is 21.1. The van der Waals surface area contributed by atoms with Crippen LogP contribution in [0.15, 0.2) is 83.3 Å². The van der Waals surface area contributed by atoms with E-state index in [0.29, 0.717) is 16.3 Å². The molecule has 140 valence electrons. The van der Waals surface area contributed by atoms with Crippen LogP contribution in [-0.2, 0) is 0 Å². The first-order valence-electron chi connectivity index (χ1n) is 7.86. The summed E-state index contributed by atoms with van der Waals surface area (Å²) in [6.45, 7) is 0. The maximum atomic E-state index is 13.8. The van der Waals surface area contributed by atoms with Crippen molar-refractivity contribution in [2.45, 2.75) is 6.30 Å². The summed E-state index contributed by atoms with van der Waals surface area (Å²) in [4.78, 5) is 0.309. The Morgan fingerprint density at radius 3 is 1.89 bits per heavy atom. The maximum Gasteiger partial charge on any atom is 0.489 e. The molecule has 0 spiro atoms. The molecule has 0 saturated heterocycles. The summed E-state index contributed by atoms with van der Waals surface area (Å²) in [5.41, 5.74) is 3.86. The Balaban J connectivity index is 1.98. The van der Waals surface area contributed by atoms with Gasteiger partial charge in [0.15, 0.2) is 0 Å².